The number of hydrogen-bond acceptors (Lipinski definition) is 4. The summed E-state index contributed by atoms with van der Waals surface area (Å²) in [6.45, 7) is 1.48. The summed E-state index contributed by atoms with van der Waals surface area (Å²) >= 11 is 0. The molecule has 2 N–H and O–H groups in total. The molecule has 0 spiro atoms. The minimum atomic E-state index is -0.907. The van der Waals surface area contributed by atoms with Gasteiger partial charge in [0.05, 0.1) is 31.7 Å². The summed E-state index contributed by atoms with van der Waals surface area (Å²) in [7, 11) is 1.61. The van der Waals surface area contributed by atoms with Crippen LogP contribution in [0.25, 0.3) is 0 Å². The number of amides is 1. The van der Waals surface area contributed by atoms with Gasteiger partial charge in [0.2, 0.25) is 5.91 Å². The van der Waals surface area contributed by atoms with Crippen molar-refractivity contribution >= 4 is 17.6 Å². The molecular formula is C15H19NO5. The molecule has 2 rings (SSSR count). The van der Waals surface area contributed by atoms with E-state index in [9.17, 15) is 9.59 Å². The fourth-order valence-electron chi connectivity index (χ4n) is 2.06. The highest BCUT2D eigenvalue weighted by atomic mass is 16.5. The molecule has 6 heteroatoms. The highest BCUT2D eigenvalue weighted by Crippen LogP contribution is 2.39. The quantitative estimate of drug-likeness (QED) is 0.710. The van der Waals surface area contributed by atoms with Crippen LogP contribution in [0.3, 0.4) is 0 Å². The lowest BCUT2D eigenvalue weighted by atomic mass is 10.2. The Bertz CT molecular complexity index is 517. The van der Waals surface area contributed by atoms with E-state index in [2.05, 4.69) is 5.32 Å². The zero-order valence-corrected chi connectivity index (χ0v) is 11.9. The zero-order chi connectivity index (χ0) is 15.2. The molecule has 1 amide bonds. The van der Waals surface area contributed by atoms with Gasteiger partial charge in [-0.25, -0.2) is 0 Å². The van der Waals surface area contributed by atoms with Crippen LogP contribution < -0.4 is 5.32 Å². The Balaban J connectivity index is 1.83. The summed E-state index contributed by atoms with van der Waals surface area (Å²) in [5.41, 5.74) is 1.60. The minimum absolute atomic E-state index is 0.236. The Kier molecular flexibility index (Phi) is 5.30. The average Bonchev–Trinajstić information content (AvgIpc) is 3.25. The first kappa shape index (κ1) is 15.5. The maximum absolute atomic E-state index is 11.9. The maximum Gasteiger partial charge on any atom is 0.307 e. The molecule has 114 valence electrons. The van der Waals surface area contributed by atoms with Crippen molar-refractivity contribution in [3.8, 4) is 0 Å². The summed E-state index contributed by atoms with van der Waals surface area (Å²) in [6.07, 6.45) is 0.418. The van der Waals surface area contributed by atoms with Gasteiger partial charge in [-0.3, -0.25) is 9.59 Å². The van der Waals surface area contributed by atoms with Crippen LogP contribution in [0.2, 0.25) is 0 Å². The summed E-state index contributed by atoms with van der Waals surface area (Å²) in [6, 6.07) is 7.32. The number of rotatable bonds is 8. The standard InChI is InChI=1S/C15H19NO5/c1-20-5-6-21-9-10-3-2-4-11(7-10)16-14(17)12-8-13(12)15(18)19/h2-4,7,12-13H,5-6,8-9H2,1H3,(H,16,17)(H,18,19). The zero-order valence-electron chi connectivity index (χ0n) is 11.9. The van der Waals surface area contributed by atoms with Crippen LogP contribution in [-0.4, -0.2) is 37.3 Å². The maximum atomic E-state index is 11.9. The van der Waals surface area contributed by atoms with E-state index in [4.69, 9.17) is 14.6 Å². The monoisotopic (exact) mass is 293 g/mol. The fourth-order valence-corrected chi connectivity index (χ4v) is 2.06. The van der Waals surface area contributed by atoms with Crippen molar-refractivity contribution in [2.45, 2.75) is 13.0 Å². The second-order valence-electron chi connectivity index (χ2n) is 5.02. The molecule has 1 aliphatic carbocycles. The Morgan fingerprint density at radius 2 is 2.14 bits per heavy atom. The van der Waals surface area contributed by atoms with Gasteiger partial charge in [0.1, 0.15) is 0 Å². The number of carboxylic acid groups (broad SMARTS) is 1. The number of hydrogen-bond donors (Lipinski definition) is 2. The Labute approximate surface area is 123 Å². The van der Waals surface area contributed by atoms with E-state index < -0.39 is 17.8 Å². The second-order valence-corrected chi connectivity index (χ2v) is 5.02. The number of carbonyl (C=O) groups is 2. The minimum Gasteiger partial charge on any atom is -0.481 e. The molecule has 21 heavy (non-hydrogen) atoms. The third-order valence-corrected chi connectivity index (χ3v) is 3.34. The van der Waals surface area contributed by atoms with Gasteiger partial charge in [-0.2, -0.15) is 0 Å². The molecular weight excluding hydrogens is 274 g/mol. The van der Waals surface area contributed by atoms with Gasteiger partial charge in [0, 0.05) is 12.8 Å². The van der Waals surface area contributed by atoms with E-state index in [1.807, 2.05) is 18.2 Å². The van der Waals surface area contributed by atoms with E-state index in [0.717, 1.165) is 5.56 Å². The SMILES string of the molecule is COCCOCc1cccc(NC(=O)C2CC2C(=O)O)c1. The third kappa shape index (κ3) is 4.54. The lowest BCUT2D eigenvalue weighted by Gasteiger charge is -2.08. The smallest absolute Gasteiger partial charge is 0.307 e. The van der Waals surface area contributed by atoms with E-state index >= 15 is 0 Å². The molecule has 0 aliphatic heterocycles. The van der Waals surface area contributed by atoms with Crippen molar-refractivity contribution < 1.29 is 24.2 Å². The van der Waals surface area contributed by atoms with Gasteiger partial charge in [-0.1, -0.05) is 12.1 Å². The summed E-state index contributed by atoms with van der Waals surface area (Å²) in [4.78, 5) is 22.6. The van der Waals surface area contributed by atoms with E-state index in [-0.39, 0.29) is 5.91 Å². The van der Waals surface area contributed by atoms with Gasteiger partial charge >= 0.3 is 5.97 Å². The average molecular weight is 293 g/mol. The van der Waals surface area contributed by atoms with Gasteiger partial charge in [0.15, 0.2) is 0 Å². The molecule has 0 heterocycles. The second kappa shape index (κ2) is 7.19. The highest BCUT2D eigenvalue weighted by Gasteiger charge is 2.48. The van der Waals surface area contributed by atoms with Crippen molar-refractivity contribution in [1.29, 1.82) is 0 Å². The molecule has 1 aliphatic rings. The largest absolute Gasteiger partial charge is 0.481 e. The number of nitrogens with one attached hydrogen (secondary N) is 1. The van der Waals surface area contributed by atoms with E-state index in [0.29, 0.717) is 31.9 Å². The number of carbonyl (C=O) groups excluding carboxylic acids is 1. The van der Waals surface area contributed by atoms with Crippen LogP contribution in [0.1, 0.15) is 12.0 Å². The van der Waals surface area contributed by atoms with Crippen molar-refractivity contribution in [3.05, 3.63) is 29.8 Å². The molecule has 0 radical (unpaired) electrons. The summed E-state index contributed by atoms with van der Waals surface area (Å²) < 4.78 is 10.3. The summed E-state index contributed by atoms with van der Waals surface area (Å²) in [5, 5.41) is 11.6. The molecule has 1 aromatic rings. The van der Waals surface area contributed by atoms with Crippen LogP contribution in [0.5, 0.6) is 0 Å². The van der Waals surface area contributed by atoms with Crippen molar-refractivity contribution in [1.82, 2.24) is 0 Å². The van der Waals surface area contributed by atoms with Crippen LogP contribution in [0.15, 0.2) is 24.3 Å². The number of ether oxygens (including phenoxy) is 2. The predicted octanol–water partition coefficient (Wildman–Crippen LogP) is 1.51. The first-order valence-electron chi connectivity index (χ1n) is 6.81. The molecule has 1 saturated carbocycles. The fraction of sp³-hybridized carbons (Fsp3) is 0.467. The molecule has 2 unspecified atom stereocenters. The first-order chi connectivity index (χ1) is 10.1. The third-order valence-electron chi connectivity index (χ3n) is 3.34. The number of anilines is 1. The van der Waals surface area contributed by atoms with Crippen molar-refractivity contribution in [3.63, 3.8) is 0 Å². The van der Waals surface area contributed by atoms with E-state index in [1.54, 1.807) is 13.2 Å². The molecule has 2 atom stereocenters. The van der Waals surface area contributed by atoms with Crippen LogP contribution in [0.4, 0.5) is 5.69 Å². The topological polar surface area (TPSA) is 84.9 Å². The molecule has 0 aromatic heterocycles. The normalized spacial score (nSPS) is 20.0. The number of carboxylic acids is 1. The predicted molar refractivity (Wildman–Crippen MR) is 75.8 cm³/mol. The van der Waals surface area contributed by atoms with Crippen LogP contribution in [0, 0.1) is 11.8 Å². The lowest BCUT2D eigenvalue weighted by Crippen LogP contribution is -2.16. The van der Waals surface area contributed by atoms with Gasteiger partial charge < -0.3 is 19.9 Å². The Hall–Kier alpha value is -1.92. The van der Waals surface area contributed by atoms with Crippen molar-refractivity contribution in [2.24, 2.45) is 11.8 Å². The first-order valence-corrected chi connectivity index (χ1v) is 6.81. The molecule has 0 saturated heterocycles. The molecule has 1 aromatic carbocycles. The van der Waals surface area contributed by atoms with Crippen LogP contribution in [-0.2, 0) is 25.7 Å². The molecule has 0 bridgehead atoms. The Morgan fingerprint density at radius 1 is 1.33 bits per heavy atom. The van der Waals surface area contributed by atoms with Gasteiger partial charge in [0.25, 0.3) is 0 Å². The van der Waals surface area contributed by atoms with Crippen LogP contribution >= 0.6 is 0 Å². The lowest BCUT2D eigenvalue weighted by molar-refractivity contribution is -0.139. The molecule has 6 nitrogen and oxygen atoms in total. The molecule has 1 fully saturated rings. The number of benzene rings is 1. The van der Waals surface area contributed by atoms with E-state index in [1.165, 1.54) is 0 Å². The highest BCUT2D eigenvalue weighted by molar-refractivity contribution is 5.98. The van der Waals surface area contributed by atoms with Crippen molar-refractivity contribution in [2.75, 3.05) is 25.6 Å². The Morgan fingerprint density at radius 3 is 2.81 bits per heavy atom. The van der Waals surface area contributed by atoms with Gasteiger partial charge in [-0.05, 0) is 24.1 Å². The number of aliphatic carboxylic acids is 1. The van der Waals surface area contributed by atoms with Gasteiger partial charge in [-0.15, -0.1) is 0 Å². The number of methoxy groups -OCH3 is 1. The summed E-state index contributed by atoms with van der Waals surface area (Å²) in [5.74, 6) is -2.09.